The lowest BCUT2D eigenvalue weighted by Crippen LogP contribution is -2.27. The molecular weight excluding hydrogens is 188 g/mol. The van der Waals surface area contributed by atoms with E-state index in [2.05, 4.69) is 6.92 Å². The Morgan fingerprint density at radius 1 is 1.62 bits per heavy atom. The number of rotatable bonds is 0. The summed E-state index contributed by atoms with van der Waals surface area (Å²) >= 11 is 0. The standard InChI is InChI=1S/C9H12O3S/c1-5-6-3-7-9(2,4-6)8(5)12-13(7,10)11/h3,5-6,8H,4H2,1-2H3. The molecule has 2 aliphatic carbocycles. The summed E-state index contributed by atoms with van der Waals surface area (Å²) in [5.74, 6) is 0.772. The molecule has 0 aromatic rings. The molecule has 3 nitrogen and oxygen atoms in total. The smallest absolute Gasteiger partial charge is 0.262 e. The Balaban J connectivity index is 2.29. The van der Waals surface area contributed by atoms with Crippen LogP contribution in [0.1, 0.15) is 20.3 Å². The molecule has 1 aliphatic heterocycles. The fraction of sp³-hybridized carbons (Fsp3) is 0.778. The molecule has 4 unspecified atom stereocenters. The van der Waals surface area contributed by atoms with Gasteiger partial charge in [0.15, 0.2) is 0 Å². The first-order valence-corrected chi connectivity index (χ1v) is 6.01. The van der Waals surface area contributed by atoms with E-state index in [1.165, 1.54) is 0 Å². The van der Waals surface area contributed by atoms with Crippen LogP contribution in [-0.4, -0.2) is 14.5 Å². The van der Waals surface area contributed by atoms with Crippen molar-refractivity contribution in [3.8, 4) is 0 Å². The lowest BCUT2D eigenvalue weighted by atomic mass is 9.84. The van der Waals surface area contributed by atoms with E-state index in [1.807, 2.05) is 13.0 Å². The van der Waals surface area contributed by atoms with Crippen LogP contribution in [0.4, 0.5) is 0 Å². The number of hydrogen-bond acceptors (Lipinski definition) is 3. The highest BCUT2D eigenvalue weighted by molar-refractivity contribution is 7.91. The van der Waals surface area contributed by atoms with E-state index in [9.17, 15) is 8.42 Å². The van der Waals surface area contributed by atoms with Crippen LogP contribution < -0.4 is 0 Å². The monoisotopic (exact) mass is 200 g/mol. The lowest BCUT2D eigenvalue weighted by molar-refractivity contribution is 0.120. The van der Waals surface area contributed by atoms with Gasteiger partial charge in [0.05, 0.1) is 11.0 Å². The summed E-state index contributed by atoms with van der Waals surface area (Å²) in [6.45, 7) is 4.09. The first-order chi connectivity index (χ1) is 5.95. The van der Waals surface area contributed by atoms with Crippen molar-refractivity contribution >= 4 is 10.1 Å². The van der Waals surface area contributed by atoms with Crippen LogP contribution in [0.25, 0.3) is 0 Å². The minimum atomic E-state index is -3.36. The Labute approximate surface area is 77.9 Å². The zero-order valence-corrected chi connectivity index (χ0v) is 8.47. The van der Waals surface area contributed by atoms with E-state index in [4.69, 9.17) is 4.18 Å². The Kier molecular flexibility index (Phi) is 1.14. The van der Waals surface area contributed by atoms with Crippen molar-refractivity contribution in [3.63, 3.8) is 0 Å². The van der Waals surface area contributed by atoms with Gasteiger partial charge in [-0.3, -0.25) is 4.18 Å². The van der Waals surface area contributed by atoms with Crippen LogP contribution in [0.2, 0.25) is 0 Å². The third kappa shape index (κ3) is 0.690. The maximum atomic E-state index is 11.5. The molecule has 13 heavy (non-hydrogen) atoms. The van der Waals surface area contributed by atoms with Crippen LogP contribution >= 0.6 is 0 Å². The summed E-state index contributed by atoms with van der Waals surface area (Å²) in [5, 5.41) is 0. The molecule has 0 aromatic heterocycles. The topological polar surface area (TPSA) is 43.4 Å². The summed E-state index contributed by atoms with van der Waals surface area (Å²) in [6.07, 6.45) is 2.76. The molecule has 1 heterocycles. The van der Waals surface area contributed by atoms with Gasteiger partial charge in [-0.15, -0.1) is 0 Å². The quantitative estimate of drug-likeness (QED) is 0.553. The van der Waals surface area contributed by atoms with Crippen LogP contribution in [0, 0.1) is 17.3 Å². The van der Waals surface area contributed by atoms with Gasteiger partial charge in [0, 0.05) is 5.41 Å². The number of hydrogen-bond donors (Lipinski definition) is 0. The minimum Gasteiger partial charge on any atom is -0.262 e. The molecule has 1 saturated carbocycles. The van der Waals surface area contributed by atoms with Gasteiger partial charge < -0.3 is 0 Å². The molecule has 2 fully saturated rings. The highest BCUT2D eigenvalue weighted by Gasteiger charge is 2.64. The third-order valence-electron chi connectivity index (χ3n) is 3.87. The second-order valence-electron chi connectivity index (χ2n) is 4.65. The predicted octanol–water partition coefficient (Wildman–Crippen LogP) is 1.27. The second-order valence-corrected chi connectivity index (χ2v) is 6.19. The van der Waals surface area contributed by atoms with Gasteiger partial charge in [0.1, 0.15) is 0 Å². The largest absolute Gasteiger partial charge is 0.293 e. The van der Waals surface area contributed by atoms with E-state index in [0.29, 0.717) is 16.7 Å². The lowest BCUT2D eigenvalue weighted by Gasteiger charge is -2.23. The van der Waals surface area contributed by atoms with Gasteiger partial charge in [-0.1, -0.05) is 19.9 Å². The van der Waals surface area contributed by atoms with Crippen molar-refractivity contribution in [2.24, 2.45) is 17.3 Å². The van der Waals surface area contributed by atoms with E-state index < -0.39 is 10.1 Å². The third-order valence-corrected chi connectivity index (χ3v) is 5.47. The normalized spacial score (nSPS) is 55.5. The van der Waals surface area contributed by atoms with E-state index in [1.54, 1.807) is 0 Å². The molecule has 0 aromatic carbocycles. The van der Waals surface area contributed by atoms with Crippen molar-refractivity contribution in [1.82, 2.24) is 0 Å². The summed E-state index contributed by atoms with van der Waals surface area (Å²) in [7, 11) is -3.36. The molecule has 0 amide bonds. The molecule has 1 saturated heterocycles. The van der Waals surface area contributed by atoms with Crippen molar-refractivity contribution in [2.45, 2.75) is 26.4 Å². The van der Waals surface area contributed by atoms with Crippen LogP contribution in [-0.2, 0) is 14.3 Å². The fourth-order valence-corrected chi connectivity index (χ4v) is 5.06. The number of allylic oxidation sites excluding steroid dienone is 1. The molecule has 72 valence electrons. The summed E-state index contributed by atoms with van der Waals surface area (Å²) in [6, 6.07) is 0. The van der Waals surface area contributed by atoms with Crippen LogP contribution in [0.3, 0.4) is 0 Å². The summed E-state index contributed by atoms with van der Waals surface area (Å²) in [4.78, 5) is 0.549. The highest BCUT2D eigenvalue weighted by Crippen LogP contribution is 2.63. The maximum Gasteiger partial charge on any atom is 0.293 e. The minimum absolute atomic E-state index is 0.0949. The molecule has 4 atom stereocenters. The fourth-order valence-electron chi connectivity index (χ4n) is 3.18. The van der Waals surface area contributed by atoms with Gasteiger partial charge in [-0.05, 0) is 18.3 Å². The van der Waals surface area contributed by atoms with Crippen molar-refractivity contribution in [1.29, 1.82) is 0 Å². The van der Waals surface area contributed by atoms with Crippen molar-refractivity contribution in [3.05, 3.63) is 11.0 Å². The Morgan fingerprint density at radius 2 is 2.31 bits per heavy atom. The molecule has 0 N–H and O–H groups in total. The SMILES string of the molecule is CC1C2C=C3C(C)(C2)C1OS3(=O)=O. The Hall–Kier alpha value is -0.350. The summed E-state index contributed by atoms with van der Waals surface area (Å²) in [5.41, 5.74) is -0.205. The van der Waals surface area contributed by atoms with E-state index >= 15 is 0 Å². The molecule has 0 spiro atoms. The van der Waals surface area contributed by atoms with Gasteiger partial charge >= 0.3 is 0 Å². The van der Waals surface area contributed by atoms with E-state index in [-0.39, 0.29) is 11.5 Å². The maximum absolute atomic E-state index is 11.5. The van der Waals surface area contributed by atoms with Crippen LogP contribution in [0.5, 0.6) is 0 Å². The predicted molar refractivity (Wildman–Crippen MR) is 47.3 cm³/mol. The Morgan fingerprint density at radius 3 is 2.85 bits per heavy atom. The average molecular weight is 200 g/mol. The summed E-state index contributed by atoms with van der Waals surface area (Å²) < 4.78 is 28.2. The first-order valence-electron chi connectivity index (χ1n) is 4.61. The van der Waals surface area contributed by atoms with Crippen molar-refractivity contribution in [2.75, 3.05) is 0 Å². The van der Waals surface area contributed by atoms with Gasteiger partial charge in [-0.2, -0.15) is 8.42 Å². The van der Waals surface area contributed by atoms with Gasteiger partial charge in [-0.25, -0.2) is 0 Å². The molecule has 3 aliphatic rings. The van der Waals surface area contributed by atoms with Crippen molar-refractivity contribution < 1.29 is 12.6 Å². The molecule has 3 rings (SSSR count). The number of fused-ring (bicyclic) bond motifs is 1. The molecule has 4 heteroatoms. The molecular formula is C9H12O3S. The van der Waals surface area contributed by atoms with Crippen LogP contribution in [0.15, 0.2) is 11.0 Å². The molecule has 2 bridgehead atoms. The Bertz CT molecular complexity index is 409. The zero-order chi connectivity index (χ0) is 9.43. The second kappa shape index (κ2) is 1.86. The highest BCUT2D eigenvalue weighted by atomic mass is 32.2. The zero-order valence-electron chi connectivity index (χ0n) is 7.65. The molecule has 0 radical (unpaired) electrons. The van der Waals surface area contributed by atoms with E-state index in [0.717, 1.165) is 6.42 Å². The average Bonchev–Trinajstić information content (AvgIpc) is 2.49. The first kappa shape index (κ1) is 8.00. The van der Waals surface area contributed by atoms with Gasteiger partial charge in [0.25, 0.3) is 10.1 Å². The van der Waals surface area contributed by atoms with Gasteiger partial charge in [0.2, 0.25) is 0 Å².